The number of pyridine rings is 1. The third-order valence-electron chi connectivity index (χ3n) is 5.67. The topological polar surface area (TPSA) is 123 Å². The Labute approximate surface area is 229 Å². The molecule has 39 heavy (non-hydrogen) atoms. The van der Waals surface area contributed by atoms with Gasteiger partial charge in [0.15, 0.2) is 5.16 Å². The normalized spacial score (nSPS) is 11.3. The van der Waals surface area contributed by atoms with Crippen LogP contribution in [0.15, 0.2) is 118 Å². The van der Waals surface area contributed by atoms with Gasteiger partial charge in [0.2, 0.25) is 5.91 Å². The molecule has 2 aromatic heterocycles. The number of aromatic nitrogens is 3. The smallest absolute Gasteiger partial charge is 0.266 e. The van der Waals surface area contributed by atoms with Crippen molar-refractivity contribution in [3.63, 3.8) is 0 Å². The van der Waals surface area contributed by atoms with Crippen LogP contribution >= 0.6 is 11.8 Å². The van der Waals surface area contributed by atoms with Crippen molar-refractivity contribution in [2.45, 2.75) is 16.5 Å². The van der Waals surface area contributed by atoms with Crippen LogP contribution in [0.1, 0.15) is 6.42 Å². The lowest BCUT2D eigenvalue weighted by molar-refractivity contribution is -0.115. The van der Waals surface area contributed by atoms with E-state index in [0.717, 1.165) is 0 Å². The first-order chi connectivity index (χ1) is 18.9. The summed E-state index contributed by atoms with van der Waals surface area (Å²) in [5, 5.41) is 3.79. The second-order valence-electron chi connectivity index (χ2n) is 8.38. The van der Waals surface area contributed by atoms with Crippen molar-refractivity contribution in [1.29, 1.82) is 0 Å². The molecular formula is C28H23N5O4S2. The minimum Gasteiger partial charge on any atom is -0.326 e. The maximum absolute atomic E-state index is 13.3. The molecule has 0 unspecified atom stereocenters. The first-order valence-electron chi connectivity index (χ1n) is 11.9. The lowest BCUT2D eigenvalue weighted by Gasteiger charge is -2.13. The van der Waals surface area contributed by atoms with Crippen LogP contribution in [-0.4, -0.2) is 34.6 Å². The largest absolute Gasteiger partial charge is 0.326 e. The molecule has 5 rings (SSSR count). The standard InChI is InChI=1S/C28H23N5O4S2/c34-26(30-20-13-15-22(16-14-20)39(36,37)32-25-12-6-7-18-29-25)17-19-38-28-31-24-11-5-4-10-23(24)27(35)33(28)21-8-2-1-3-9-21/h1-16,18H,17,19H2,(H,29,32)(H,30,34). The lowest BCUT2D eigenvalue weighted by atomic mass is 10.2. The Morgan fingerprint density at radius 2 is 1.59 bits per heavy atom. The number of carbonyl (C=O) groups excluding carboxylic acids is 1. The van der Waals surface area contributed by atoms with E-state index in [2.05, 4.69) is 20.0 Å². The monoisotopic (exact) mass is 557 g/mol. The van der Waals surface area contributed by atoms with Crippen LogP contribution in [0.4, 0.5) is 11.5 Å². The number of carbonyl (C=O) groups is 1. The van der Waals surface area contributed by atoms with Crippen molar-refractivity contribution in [1.82, 2.24) is 14.5 Å². The summed E-state index contributed by atoms with van der Waals surface area (Å²) in [6.45, 7) is 0. The molecule has 0 aliphatic carbocycles. The molecule has 2 heterocycles. The molecule has 5 aromatic rings. The Hall–Kier alpha value is -4.48. The third kappa shape index (κ3) is 6.16. The number of benzene rings is 3. The van der Waals surface area contributed by atoms with Crippen molar-refractivity contribution >= 4 is 50.1 Å². The summed E-state index contributed by atoms with van der Waals surface area (Å²) < 4.78 is 29.1. The van der Waals surface area contributed by atoms with Crippen molar-refractivity contribution in [2.75, 3.05) is 15.8 Å². The van der Waals surface area contributed by atoms with E-state index in [-0.39, 0.29) is 28.6 Å². The second kappa shape index (κ2) is 11.5. The molecule has 0 atom stereocenters. The highest BCUT2D eigenvalue weighted by Crippen LogP contribution is 2.22. The summed E-state index contributed by atoms with van der Waals surface area (Å²) in [5.41, 5.74) is 1.58. The average molecular weight is 558 g/mol. The van der Waals surface area contributed by atoms with Crippen LogP contribution in [0.5, 0.6) is 0 Å². The van der Waals surface area contributed by atoms with Gasteiger partial charge in [-0.25, -0.2) is 18.4 Å². The molecule has 0 spiro atoms. The highest BCUT2D eigenvalue weighted by Gasteiger charge is 2.16. The molecule has 2 N–H and O–H groups in total. The number of rotatable bonds is 9. The number of sulfonamides is 1. The van der Waals surface area contributed by atoms with E-state index in [0.29, 0.717) is 33.2 Å². The van der Waals surface area contributed by atoms with Gasteiger partial charge < -0.3 is 5.32 Å². The lowest BCUT2D eigenvalue weighted by Crippen LogP contribution is -2.22. The summed E-state index contributed by atoms with van der Waals surface area (Å²) in [6.07, 6.45) is 1.65. The molecule has 196 valence electrons. The molecule has 0 aliphatic heterocycles. The highest BCUT2D eigenvalue weighted by molar-refractivity contribution is 7.99. The van der Waals surface area contributed by atoms with E-state index in [1.54, 1.807) is 41.0 Å². The Morgan fingerprint density at radius 3 is 2.33 bits per heavy atom. The first-order valence-corrected chi connectivity index (χ1v) is 14.4. The van der Waals surface area contributed by atoms with Crippen LogP contribution in [0, 0.1) is 0 Å². The van der Waals surface area contributed by atoms with Gasteiger partial charge in [-0.05, 0) is 60.7 Å². The SMILES string of the molecule is O=C(CCSc1nc2ccccc2c(=O)n1-c1ccccc1)Nc1ccc(S(=O)(=O)Nc2ccccn2)cc1. The summed E-state index contributed by atoms with van der Waals surface area (Å²) in [5.74, 6) is 0.342. The van der Waals surface area contributed by atoms with Crippen molar-refractivity contribution in [3.05, 3.63) is 114 Å². The van der Waals surface area contributed by atoms with E-state index in [1.165, 1.54) is 42.2 Å². The number of amides is 1. The fourth-order valence-corrected chi connectivity index (χ4v) is 5.77. The van der Waals surface area contributed by atoms with Gasteiger partial charge in [-0.2, -0.15) is 0 Å². The van der Waals surface area contributed by atoms with Crippen molar-refractivity contribution < 1.29 is 13.2 Å². The Bertz CT molecular complexity index is 1780. The average Bonchev–Trinajstić information content (AvgIpc) is 2.94. The Balaban J connectivity index is 1.24. The zero-order valence-corrected chi connectivity index (χ0v) is 22.2. The van der Waals surface area contributed by atoms with E-state index < -0.39 is 10.0 Å². The van der Waals surface area contributed by atoms with E-state index in [9.17, 15) is 18.0 Å². The number of thioether (sulfide) groups is 1. The fraction of sp³-hybridized carbons (Fsp3) is 0.0714. The fourth-order valence-electron chi connectivity index (χ4n) is 3.81. The van der Waals surface area contributed by atoms with Gasteiger partial charge in [0, 0.05) is 24.1 Å². The van der Waals surface area contributed by atoms with Gasteiger partial charge in [-0.1, -0.05) is 48.2 Å². The van der Waals surface area contributed by atoms with Crippen LogP contribution in [0.25, 0.3) is 16.6 Å². The summed E-state index contributed by atoms with van der Waals surface area (Å²) in [6, 6.07) is 27.2. The molecule has 0 radical (unpaired) electrons. The summed E-state index contributed by atoms with van der Waals surface area (Å²) in [7, 11) is -3.81. The maximum Gasteiger partial charge on any atom is 0.266 e. The van der Waals surface area contributed by atoms with Crippen molar-refractivity contribution in [3.8, 4) is 5.69 Å². The van der Waals surface area contributed by atoms with Gasteiger partial charge in [0.05, 0.1) is 21.5 Å². The number of hydrogen-bond donors (Lipinski definition) is 2. The molecule has 0 fully saturated rings. The summed E-state index contributed by atoms with van der Waals surface area (Å²) in [4.78, 5) is 34.6. The highest BCUT2D eigenvalue weighted by atomic mass is 32.2. The van der Waals surface area contributed by atoms with Crippen molar-refractivity contribution in [2.24, 2.45) is 0 Å². The van der Waals surface area contributed by atoms with Gasteiger partial charge in [-0.3, -0.25) is 18.9 Å². The molecule has 1 amide bonds. The molecule has 0 saturated carbocycles. The number of hydrogen-bond acceptors (Lipinski definition) is 7. The molecule has 3 aromatic carbocycles. The molecule has 0 bridgehead atoms. The molecule has 0 aliphatic rings. The van der Waals surface area contributed by atoms with E-state index in [1.807, 2.05) is 36.4 Å². The van der Waals surface area contributed by atoms with Gasteiger partial charge in [-0.15, -0.1) is 0 Å². The number of fused-ring (bicyclic) bond motifs is 1. The zero-order chi connectivity index (χ0) is 27.2. The van der Waals surface area contributed by atoms with Gasteiger partial charge in [0.25, 0.3) is 15.6 Å². The van der Waals surface area contributed by atoms with E-state index >= 15 is 0 Å². The molecular weight excluding hydrogens is 534 g/mol. The minimum absolute atomic E-state index is 0.0444. The maximum atomic E-state index is 13.3. The predicted molar refractivity (Wildman–Crippen MR) is 153 cm³/mol. The van der Waals surface area contributed by atoms with Crippen LogP contribution < -0.4 is 15.6 Å². The van der Waals surface area contributed by atoms with Crippen LogP contribution in [-0.2, 0) is 14.8 Å². The molecule has 0 saturated heterocycles. The number of para-hydroxylation sites is 2. The van der Waals surface area contributed by atoms with Crippen LogP contribution in [0.3, 0.4) is 0 Å². The first kappa shape index (κ1) is 26.1. The van der Waals surface area contributed by atoms with Gasteiger partial charge >= 0.3 is 0 Å². The number of anilines is 2. The number of nitrogens with one attached hydrogen (secondary N) is 2. The Kier molecular flexibility index (Phi) is 7.71. The second-order valence-corrected chi connectivity index (χ2v) is 11.1. The summed E-state index contributed by atoms with van der Waals surface area (Å²) >= 11 is 1.31. The quantitative estimate of drug-likeness (QED) is 0.199. The Morgan fingerprint density at radius 1 is 0.872 bits per heavy atom. The third-order valence-corrected chi connectivity index (χ3v) is 7.98. The molecule has 11 heteroatoms. The molecule has 9 nitrogen and oxygen atoms in total. The minimum atomic E-state index is -3.81. The van der Waals surface area contributed by atoms with E-state index in [4.69, 9.17) is 0 Å². The van der Waals surface area contributed by atoms with Gasteiger partial charge in [0.1, 0.15) is 5.82 Å². The zero-order valence-electron chi connectivity index (χ0n) is 20.5. The number of nitrogens with zero attached hydrogens (tertiary/aromatic N) is 3. The predicted octanol–water partition coefficient (Wildman–Crippen LogP) is 4.70. The van der Waals surface area contributed by atoms with Crippen LogP contribution in [0.2, 0.25) is 0 Å².